The molecule has 1 fully saturated rings. The number of ether oxygens (including phenoxy) is 2. The molecule has 6 nitrogen and oxygen atoms in total. The van der Waals surface area contributed by atoms with Crippen LogP contribution in [0, 0.1) is 0 Å². The van der Waals surface area contributed by atoms with E-state index in [-0.39, 0.29) is 18.6 Å². The van der Waals surface area contributed by atoms with Crippen molar-refractivity contribution in [1.29, 1.82) is 0 Å². The molecule has 1 aliphatic rings. The molecule has 6 heteroatoms. The van der Waals surface area contributed by atoms with Gasteiger partial charge in [0, 0.05) is 13.2 Å². The summed E-state index contributed by atoms with van der Waals surface area (Å²) in [6, 6.07) is 9.22. The number of carboxylic acid groups (broad SMARTS) is 1. The van der Waals surface area contributed by atoms with E-state index in [4.69, 9.17) is 14.6 Å². The molecule has 1 aliphatic heterocycles. The summed E-state index contributed by atoms with van der Waals surface area (Å²) >= 11 is 0. The average molecular weight is 307 g/mol. The molecule has 1 aromatic rings. The fraction of sp³-hybridized carbons (Fsp3) is 0.500. The molecule has 2 rings (SSSR count). The smallest absolute Gasteiger partial charge is 0.334 e. The number of carbonyl (C=O) groups excluding carboxylic acids is 1. The van der Waals surface area contributed by atoms with Crippen molar-refractivity contribution in [3.8, 4) is 0 Å². The summed E-state index contributed by atoms with van der Waals surface area (Å²) in [5.74, 6) is -1.29. The third-order valence-electron chi connectivity index (χ3n) is 3.51. The highest BCUT2D eigenvalue weighted by Crippen LogP contribution is 2.22. The first-order chi connectivity index (χ1) is 10.5. The summed E-state index contributed by atoms with van der Waals surface area (Å²) in [7, 11) is 0. The van der Waals surface area contributed by atoms with Crippen LogP contribution in [0.25, 0.3) is 0 Å². The van der Waals surface area contributed by atoms with Gasteiger partial charge in [0.1, 0.15) is 0 Å². The first-order valence-corrected chi connectivity index (χ1v) is 7.36. The second-order valence-corrected chi connectivity index (χ2v) is 5.26. The molecule has 1 heterocycles. The maximum Gasteiger partial charge on any atom is 0.334 e. The molecular formula is C16H21NO5. The number of nitrogens with zero attached hydrogens (tertiary/aromatic N) is 1. The predicted molar refractivity (Wildman–Crippen MR) is 79.4 cm³/mol. The molecule has 1 saturated heterocycles. The van der Waals surface area contributed by atoms with E-state index in [2.05, 4.69) is 0 Å². The van der Waals surface area contributed by atoms with E-state index in [0.29, 0.717) is 13.2 Å². The van der Waals surface area contributed by atoms with Crippen LogP contribution in [0.1, 0.15) is 25.5 Å². The Morgan fingerprint density at radius 2 is 2.05 bits per heavy atom. The number of rotatable bonds is 5. The number of amides is 1. The second-order valence-electron chi connectivity index (χ2n) is 5.26. The van der Waals surface area contributed by atoms with Crippen LogP contribution >= 0.6 is 0 Å². The molecular weight excluding hydrogens is 286 g/mol. The predicted octanol–water partition coefficient (Wildman–Crippen LogP) is 1.46. The molecule has 3 atom stereocenters. The summed E-state index contributed by atoms with van der Waals surface area (Å²) < 4.78 is 10.9. The van der Waals surface area contributed by atoms with Gasteiger partial charge in [-0.05, 0) is 19.4 Å². The average Bonchev–Trinajstić information content (AvgIpc) is 2.52. The zero-order valence-electron chi connectivity index (χ0n) is 12.8. The summed E-state index contributed by atoms with van der Waals surface area (Å²) in [5, 5.41) is 9.12. The lowest BCUT2D eigenvalue weighted by atomic mass is 10.1. The number of carbonyl (C=O) groups is 2. The van der Waals surface area contributed by atoms with Crippen LogP contribution < -0.4 is 0 Å². The van der Waals surface area contributed by atoms with Crippen molar-refractivity contribution in [2.24, 2.45) is 0 Å². The normalized spacial score (nSPS) is 23.1. The van der Waals surface area contributed by atoms with Gasteiger partial charge in [-0.2, -0.15) is 0 Å². The molecule has 22 heavy (non-hydrogen) atoms. The Bertz CT molecular complexity index is 519. The highest BCUT2D eigenvalue weighted by atomic mass is 16.5. The summed E-state index contributed by atoms with van der Waals surface area (Å²) in [5.41, 5.74) is 0.764. The van der Waals surface area contributed by atoms with Gasteiger partial charge < -0.3 is 19.5 Å². The number of carboxylic acids is 1. The van der Waals surface area contributed by atoms with Gasteiger partial charge in [0.15, 0.2) is 12.2 Å². The van der Waals surface area contributed by atoms with Crippen LogP contribution in [0.2, 0.25) is 0 Å². The lowest BCUT2D eigenvalue weighted by Crippen LogP contribution is -2.53. The van der Waals surface area contributed by atoms with Crippen molar-refractivity contribution in [2.75, 3.05) is 19.7 Å². The zero-order chi connectivity index (χ0) is 16.1. The lowest BCUT2D eigenvalue weighted by molar-refractivity contribution is -0.170. The minimum Gasteiger partial charge on any atom is -0.479 e. The van der Waals surface area contributed by atoms with Gasteiger partial charge in [-0.3, -0.25) is 4.79 Å². The molecule has 0 radical (unpaired) electrons. The van der Waals surface area contributed by atoms with Gasteiger partial charge in [0.05, 0.1) is 12.6 Å². The topological polar surface area (TPSA) is 76.1 Å². The summed E-state index contributed by atoms with van der Waals surface area (Å²) in [6.45, 7) is 4.38. The van der Waals surface area contributed by atoms with Gasteiger partial charge in [-0.15, -0.1) is 0 Å². The Morgan fingerprint density at radius 1 is 1.36 bits per heavy atom. The largest absolute Gasteiger partial charge is 0.479 e. The monoisotopic (exact) mass is 307 g/mol. The van der Waals surface area contributed by atoms with Gasteiger partial charge in [-0.1, -0.05) is 30.3 Å². The Morgan fingerprint density at radius 3 is 2.64 bits per heavy atom. The highest BCUT2D eigenvalue weighted by molar-refractivity contribution is 5.83. The van der Waals surface area contributed by atoms with E-state index >= 15 is 0 Å². The third-order valence-corrected chi connectivity index (χ3v) is 3.51. The van der Waals surface area contributed by atoms with E-state index in [9.17, 15) is 9.59 Å². The molecule has 2 unspecified atom stereocenters. The fourth-order valence-corrected chi connectivity index (χ4v) is 2.54. The van der Waals surface area contributed by atoms with E-state index in [1.54, 1.807) is 6.92 Å². The number of aliphatic carboxylic acids is 1. The van der Waals surface area contributed by atoms with Crippen molar-refractivity contribution in [2.45, 2.75) is 32.2 Å². The van der Waals surface area contributed by atoms with E-state index < -0.39 is 18.2 Å². The maximum atomic E-state index is 12.8. The van der Waals surface area contributed by atoms with E-state index in [1.165, 1.54) is 4.90 Å². The van der Waals surface area contributed by atoms with E-state index in [1.807, 2.05) is 37.3 Å². The first-order valence-electron chi connectivity index (χ1n) is 7.36. The Kier molecular flexibility index (Phi) is 5.51. The van der Waals surface area contributed by atoms with Crippen molar-refractivity contribution in [1.82, 2.24) is 4.90 Å². The van der Waals surface area contributed by atoms with Crippen molar-refractivity contribution in [3.05, 3.63) is 35.9 Å². The summed E-state index contributed by atoms with van der Waals surface area (Å²) in [6.07, 6.45) is -2.03. The van der Waals surface area contributed by atoms with Crippen molar-refractivity contribution >= 4 is 11.9 Å². The maximum absolute atomic E-state index is 12.8. The number of hydrogen-bond acceptors (Lipinski definition) is 4. The second kappa shape index (κ2) is 7.38. The molecule has 0 aliphatic carbocycles. The van der Waals surface area contributed by atoms with Crippen LogP contribution in [-0.4, -0.2) is 53.8 Å². The molecule has 1 N–H and O–H groups in total. The van der Waals surface area contributed by atoms with Crippen LogP contribution in [0.5, 0.6) is 0 Å². The Balaban J connectivity index is 2.17. The van der Waals surface area contributed by atoms with Crippen LogP contribution in [0.4, 0.5) is 0 Å². The Hall–Kier alpha value is -1.92. The summed E-state index contributed by atoms with van der Waals surface area (Å²) in [4.78, 5) is 25.4. The SMILES string of the molecule is CCOC(C(=O)N1CC(C(=O)O)O[C@H](C)C1)c1ccccc1. The van der Waals surface area contributed by atoms with Gasteiger partial charge in [0.25, 0.3) is 5.91 Å². The molecule has 0 bridgehead atoms. The first kappa shape index (κ1) is 16.5. The molecule has 0 saturated carbocycles. The van der Waals surface area contributed by atoms with Gasteiger partial charge >= 0.3 is 5.97 Å². The quantitative estimate of drug-likeness (QED) is 0.891. The number of benzene rings is 1. The lowest BCUT2D eigenvalue weighted by Gasteiger charge is -2.36. The van der Waals surface area contributed by atoms with Crippen LogP contribution in [-0.2, 0) is 19.1 Å². The molecule has 0 aromatic heterocycles. The van der Waals surface area contributed by atoms with Crippen LogP contribution in [0.15, 0.2) is 30.3 Å². The number of hydrogen-bond donors (Lipinski definition) is 1. The van der Waals surface area contributed by atoms with Crippen LogP contribution in [0.3, 0.4) is 0 Å². The molecule has 0 spiro atoms. The number of morpholine rings is 1. The minimum absolute atomic E-state index is 0.0366. The minimum atomic E-state index is -1.06. The standard InChI is InChI=1S/C16H21NO5/c1-3-21-14(12-7-5-4-6-8-12)15(18)17-9-11(2)22-13(10-17)16(19)20/h4-8,11,13-14H,3,9-10H2,1-2H3,(H,19,20)/t11-,13?,14?/m1/s1. The molecule has 1 amide bonds. The highest BCUT2D eigenvalue weighted by Gasteiger charge is 2.36. The van der Waals surface area contributed by atoms with Gasteiger partial charge in [0.2, 0.25) is 0 Å². The Labute approximate surface area is 129 Å². The molecule has 1 aromatic carbocycles. The van der Waals surface area contributed by atoms with Gasteiger partial charge in [-0.25, -0.2) is 4.79 Å². The van der Waals surface area contributed by atoms with E-state index in [0.717, 1.165) is 5.56 Å². The van der Waals surface area contributed by atoms with Crippen molar-refractivity contribution < 1.29 is 24.2 Å². The zero-order valence-corrected chi connectivity index (χ0v) is 12.8. The third kappa shape index (κ3) is 3.84. The fourth-order valence-electron chi connectivity index (χ4n) is 2.54. The molecule has 120 valence electrons. The van der Waals surface area contributed by atoms with Crippen molar-refractivity contribution in [3.63, 3.8) is 0 Å².